The number of nitrogens with zero attached hydrogens (tertiary/aromatic N) is 1. The quantitative estimate of drug-likeness (QED) is 0.642. The molecule has 18 heavy (non-hydrogen) atoms. The van der Waals surface area contributed by atoms with Gasteiger partial charge in [-0.15, -0.1) is 0 Å². The van der Waals surface area contributed by atoms with Gasteiger partial charge in [-0.1, -0.05) is 34.6 Å². The Kier molecular flexibility index (Phi) is 9.76. The van der Waals surface area contributed by atoms with Crippen molar-refractivity contribution in [1.82, 2.24) is 4.90 Å². The SMILES string of the molecule is CCCN(CCC)CCCC(CCN)C(C)(C)C. The third-order valence-electron chi connectivity index (χ3n) is 3.85. The van der Waals surface area contributed by atoms with Crippen LogP contribution in [0.25, 0.3) is 0 Å². The van der Waals surface area contributed by atoms with E-state index in [0.29, 0.717) is 5.41 Å². The fourth-order valence-corrected chi connectivity index (χ4v) is 2.74. The van der Waals surface area contributed by atoms with E-state index < -0.39 is 0 Å². The Bertz CT molecular complexity index is 178. The van der Waals surface area contributed by atoms with Gasteiger partial charge in [0, 0.05) is 0 Å². The monoisotopic (exact) mass is 256 g/mol. The van der Waals surface area contributed by atoms with Gasteiger partial charge in [0.05, 0.1) is 0 Å². The molecule has 0 saturated heterocycles. The van der Waals surface area contributed by atoms with Gasteiger partial charge in [-0.3, -0.25) is 0 Å². The molecule has 0 radical (unpaired) electrons. The molecule has 1 unspecified atom stereocenters. The van der Waals surface area contributed by atoms with Gasteiger partial charge in [-0.2, -0.15) is 0 Å². The van der Waals surface area contributed by atoms with E-state index in [4.69, 9.17) is 5.73 Å². The minimum atomic E-state index is 0.402. The molecule has 0 bridgehead atoms. The van der Waals surface area contributed by atoms with Crippen LogP contribution in [0.2, 0.25) is 0 Å². The van der Waals surface area contributed by atoms with Gasteiger partial charge in [0.15, 0.2) is 0 Å². The molecule has 0 aliphatic rings. The zero-order valence-electron chi connectivity index (χ0n) is 13.5. The van der Waals surface area contributed by atoms with Crippen LogP contribution in [0.1, 0.15) is 66.7 Å². The molecule has 0 aromatic heterocycles. The van der Waals surface area contributed by atoms with Crippen molar-refractivity contribution >= 4 is 0 Å². The van der Waals surface area contributed by atoms with Crippen LogP contribution < -0.4 is 5.73 Å². The van der Waals surface area contributed by atoms with E-state index in [1.165, 1.54) is 51.7 Å². The number of hydrogen-bond acceptors (Lipinski definition) is 2. The predicted octanol–water partition coefficient (Wildman–Crippen LogP) is 3.90. The highest BCUT2D eigenvalue weighted by Crippen LogP contribution is 2.32. The normalized spacial score (nSPS) is 14.2. The molecule has 0 saturated carbocycles. The summed E-state index contributed by atoms with van der Waals surface area (Å²) >= 11 is 0. The molecule has 110 valence electrons. The van der Waals surface area contributed by atoms with Crippen LogP contribution in [0.3, 0.4) is 0 Å². The molecular formula is C16H36N2. The summed E-state index contributed by atoms with van der Waals surface area (Å²) in [4.78, 5) is 2.61. The number of rotatable bonds is 10. The first kappa shape index (κ1) is 17.9. The minimum Gasteiger partial charge on any atom is -0.330 e. The standard InChI is InChI=1S/C16H36N2/c1-6-12-18(13-7-2)14-8-9-15(10-11-17)16(3,4)5/h15H,6-14,17H2,1-5H3. The van der Waals surface area contributed by atoms with Gasteiger partial charge in [-0.05, 0) is 69.6 Å². The van der Waals surface area contributed by atoms with Crippen LogP contribution in [0, 0.1) is 11.3 Å². The summed E-state index contributed by atoms with van der Waals surface area (Å²) in [6, 6.07) is 0. The van der Waals surface area contributed by atoms with Crippen molar-refractivity contribution in [3.63, 3.8) is 0 Å². The molecule has 0 aliphatic heterocycles. The van der Waals surface area contributed by atoms with Crippen molar-refractivity contribution in [3.05, 3.63) is 0 Å². The molecule has 0 spiro atoms. The fraction of sp³-hybridized carbons (Fsp3) is 1.00. The second-order valence-corrected chi connectivity index (χ2v) is 6.62. The average molecular weight is 256 g/mol. The molecule has 0 aromatic carbocycles. The largest absolute Gasteiger partial charge is 0.330 e. The molecule has 0 amide bonds. The molecular weight excluding hydrogens is 220 g/mol. The van der Waals surface area contributed by atoms with Crippen molar-refractivity contribution < 1.29 is 0 Å². The van der Waals surface area contributed by atoms with Gasteiger partial charge in [0.2, 0.25) is 0 Å². The molecule has 2 N–H and O–H groups in total. The average Bonchev–Trinajstić information content (AvgIpc) is 2.27. The Labute approximate surface area is 115 Å². The van der Waals surface area contributed by atoms with Crippen molar-refractivity contribution in [2.45, 2.75) is 66.7 Å². The number of hydrogen-bond donors (Lipinski definition) is 1. The lowest BCUT2D eigenvalue weighted by molar-refractivity contribution is 0.193. The van der Waals surface area contributed by atoms with Gasteiger partial charge >= 0.3 is 0 Å². The van der Waals surface area contributed by atoms with E-state index in [2.05, 4.69) is 39.5 Å². The highest BCUT2D eigenvalue weighted by atomic mass is 15.1. The van der Waals surface area contributed by atoms with E-state index in [0.717, 1.165) is 12.5 Å². The second-order valence-electron chi connectivity index (χ2n) is 6.62. The highest BCUT2D eigenvalue weighted by molar-refractivity contribution is 4.75. The summed E-state index contributed by atoms with van der Waals surface area (Å²) in [6.45, 7) is 16.2. The van der Waals surface area contributed by atoms with Crippen LogP contribution in [0.15, 0.2) is 0 Å². The van der Waals surface area contributed by atoms with Crippen molar-refractivity contribution in [2.24, 2.45) is 17.1 Å². The van der Waals surface area contributed by atoms with Crippen LogP contribution in [-0.4, -0.2) is 31.1 Å². The molecule has 1 atom stereocenters. The Morgan fingerprint density at radius 2 is 1.50 bits per heavy atom. The third kappa shape index (κ3) is 8.10. The number of nitrogens with two attached hydrogens (primary N) is 1. The summed E-state index contributed by atoms with van der Waals surface area (Å²) in [5.74, 6) is 0.771. The van der Waals surface area contributed by atoms with Crippen molar-refractivity contribution in [3.8, 4) is 0 Å². The Morgan fingerprint density at radius 3 is 1.89 bits per heavy atom. The first-order valence-electron chi connectivity index (χ1n) is 7.88. The van der Waals surface area contributed by atoms with E-state index in [-0.39, 0.29) is 0 Å². The summed E-state index contributed by atoms with van der Waals surface area (Å²) in [6.07, 6.45) is 6.36. The van der Waals surface area contributed by atoms with E-state index in [1.807, 2.05) is 0 Å². The Morgan fingerprint density at radius 1 is 0.944 bits per heavy atom. The molecule has 0 rings (SSSR count). The minimum absolute atomic E-state index is 0.402. The van der Waals surface area contributed by atoms with Gasteiger partial charge < -0.3 is 10.6 Å². The van der Waals surface area contributed by atoms with Gasteiger partial charge in [0.25, 0.3) is 0 Å². The predicted molar refractivity (Wildman–Crippen MR) is 82.9 cm³/mol. The highest BCUT2D eigenvalue weighted by Gasteiger charge is 2.23. The van der Waals surface area contributed by atoms with Crippen LogP contribution in [0.4, 0.5) is 0 Å². The summed E-state index contributed by atoms with van der Waals surface area (Å²) < 4.78 is 0. The zero-order valence-corrected chi connectivity index (χ0v) is 13.5. The maximum absolute atomic E-state index is 5.74. The summed E-state index contributed by atoms with van der Waals surface area (Å²) in [5, 5.41) is 0. The second kappa shape index (κ2) is 9.80. The zero-order chi connectivity index (χ0) is 14.0. The van der Waals surface area contributed by atoms with Crippen molar-refractivity contribution in [2.75, 3.05) is 26.2 Å². The molecule has 0 aromatic rings. The van der Waals surface area contributed by atoms with Gasteiger partial charge in [0.1, 0.15) is 0 Å². The topological polar surface area (TPSA) is 29.3 Å². The van der Waals surface area contributed by atoms with Crippen LogP contribution in [-0.2, 0) is 0 Å². The maximum Gasteiger partial charge on any atom is -0.00186 e. The maximum atomic E-state index is 5.74. The third-order valence-corrected chi connectivity index (χ3v) is 3.85. The lowest BCUT2D eigenvalue weighted by Gasteiger charge is -2.31. The van der Waals surface area contributed by atoms with E-state index in [9.17, 15) is 0 Å². The lowest BCUT2D eigenvalue weighted by atomic mass is 9.76. The molecule has 2 heteroatoms. The first-order valence-corrected chi connectivity index (χ1v) is 7.88. The smallest absolute Gasteiger partial charge is 0.00186 e. The molecule has 2 nitrogen and oxygen atoms in total. The van der Waals surface area contributed by atoms with Crippen molar-refractivity contribution in [1.29, 1.82) is 0 Å². The Balaban J connectivity index is 4.02. The fourth-order valence-electron chi connectivity index (χ4n) is 2.74. The summed E-state index contributed by atoms with van der Waals surface area (Å²) in [5.41, 5.74) is 6.15. The van der Waals surface area contributed by atoms with E-state index >= 15 is 0 Å². The molecule has 0 heterocycles. The molecule has 0 fully saturated rings. The lowest BCUT2D eigenvalue weighted by Crippen LogP contribution is -2.29. The van der Waals surface area contributed by atoms with Gasteiger partial charge in [-0.25, -0.2) is 0 Å². The van der Waals surface area contributed by atoms with Crippen LogP contribution in [0.5, 0.6) is 0 Å². The van der Waals surface area contributed by atoms with E-state index in [1.54, 1.807) is 0 Å². The molecule has 0 aliphatic carbocycles. The summed E-state index contributed by atoms with van der Waals surface area (Å²) in [7, 11) is 0. The van der Waals surface area contributed by atoms with Crippen LogP contribution >= 0.6 is 0 Å². The first-order chi connectivity index (χ1) is 8.45. The Hall–Kier alpha value is -0.0800.